The van der Waals surface area contributed by atoms with Crippen molar-refractivity contribution in [2.45, 2.75) is 0 Å². The molecule has 28 rings (SSSR count). The molecule has 0 unspecified atom stereocenters. The SMILES string of the molecule is c1ccc(-c2cccc(-n3c4ccccc4c4cc(-c5ccc(-c6ccc7c(c6)c6ccc([Si](c8ccccc8)(c8ccccc8)c8ccccc8)cc6n7-c6cccc(-c7ccccc7)c6)cc5)ccc43)c2)cc1.c1ccc(-c2cccc(-n3c4ccccc4c4cc(-c5ccc(-c6ccc7c(c6)c6ccccc6n7-c6ccc(-c7cccc([Si](c8ccccc8)(c8ccccc8)c8ccccc8)c7)cc6)cc5)ccc43)c2)cc1. The second kappa shape index (κ2) is 38.5. The predicted octanol–water partition coefficient (Wildman–Crippen LogP) is 31.9. The summed E-state index contributed by atoms with van der Waals surface area (Å²) in [7, 11) is -5.49. The minimum atomic E-state index is -2.82. The molecular formula is C144H100N4Si2. The van der Waals surface area contributed by atoms with Crippen LogP contribution in [0.15, 0.2) is 607 Å². The zero-order chi connectivity index (χ0) is 99.4. The van der Waals surface area contributed by atoms with Crippen molar-refractivity contribution >= 4 is 145 Å². The quantitative estimate of drug-likeness (QED) is 0.0535. The van der Waals surface area contributed by atoms with Crippen molar-refractivity contribution in [2.75, 3.05) is 0 Å². The van der Waals surface area contributed by atoms with Gasteiger partial charge in [-0.1, -0.05) is 485 Å². The molecule has 28 aromatic rings. The van der Waals surface area contributed by atoms with Crippen molar-refractivity contribution in [3.8, 4) is 112 Å². The van der Waals surface area contributed by atoms with Gasteiger partial charge in [-0.15, -0.1) is 0 Å². The van der Waals surface area contributed by atoms with Crippen molar-refractivity contribution in [1.82, 2.24) is 18.3 Å². The lowest BCUT2D eigenvalue weighted by Gasteiger charge is -2.34. The lowest BCUT2D eigenvalue weighted by atomic mass is 9.98. The van der Waals surface area contributed by atoms with Crippen LogP contribution in [0.2, 0.25) is 0 Å². The summed E-state index contributed by atoms with van der Waals surface area (Å²) in [6.07, 6.45) is 0. The Kier molecular flexibility index (Phi) is 23.0. The van der Waals surface area contributed by atoms with Crippen LogP contribution in [0.5, 0.6) is 0 Å². The molecular weight excluding hydrogens is 1840 g/mol. The standard InChI is InChI=1S/2C72H50N2Si/c1-6-20-51(21-7-1)55-24-18-26-59(46-55)73-69-35-17-16-34-65(69)67-48-57(40-44-70(67)73)53-36-38-54(39-37-53)58-41-45-71-68(49-58)66-43-42-64(50-72(66)74(71)60-27-19-25-56(47-60)52-22-8-2-9-23-52)75(61-28-10-3-11-29-61,62-30-12-4-13-31-62)63-32-14-5-15-33-63;1-5-19-51(20-6-1)55-21-17-23-60(47-55)74-70-34-16-14-32-66(70)68-50-58(42-46-72(68)74)53-37-35-52(36-38-53)57-41-45-71-67(49-57)65-31-13-15-33-69(65)73(71)59-43-39-54(40-44-59)56-22-18-30-64(48-56)75(61-24-7-2-8-25-61,62-26-9-3-10-27-62)63-28-11-4-12-29-63/h2*1-50H. The van der Waals surface area contributed by atoms with E-state index >= 15 is 0 Å². The lowest BCUT2D eigenvalue weighted by Crippen LogP contribution is -2.74. The average molecular weight is 1940 g/mol. The van der Waals surface area contributed by atoms with E-state index in [1.165, 1.54) is 218 Å². The molecule has 0 aliphatic heterocycles. The van der Waals surface area contributed by atoms with Gasteiger partial charge in [0.15, 0.2) is 16.1 Å². The molecule has 0 saturated carbocycles. The van der Waals surface area contributed by atoms with Gasteiger partial charge in [-0.2, -0.15) is 0 Å². The Morgan fingerprint density at radius 3 is 0.587 bits per heavy atom. The first-order valence-corrected chi connectivity index (χ1v) is 55.8. The molecule has 0 amide bonds. The third kappa shape index (κ3) is 15.8. The molecule has 0 aliphatic carbocycles. The van der Waals surface area contributed by atoms with E-state index in [0.717, 1.165) is 22.7 Å². The van der Waals surface area contributed by atoms with Gasteiger partial charge in [-0.3, -0.25) is 0 Å². The monoisotopic (exact) mass is 1940 g/mol. The largest absolute Gasteiger partial charge is 0.309 e. The molecule has 0 bridgehead atoms. The van der Waals surface area contributed by atoms with E-state index in [0.29, 0.717) is 0 Å². The Morgan fingerprint density at radius 1 is 0.0933 bits per heavy atom. The molecule has 0 radical (unpaired) electrons. The van der Waals surface area contributed by atoms with Crippen LogP contribution in [0.4, 0.5) is 0 Å². The van der Waals surface area contributed by atoms with Crippen LogP contribution < -0.4 is 41.5 Å². The molecule has 24 aromatic carbocycles. The van der Waals surface area contributed by atoms with Crippen molar-refractivity contribution in [3.05, 3.63) is 607 Å². The zero-order valence-electron chi connectivity index (χ0n) is 82.5. The fraction of sp³-hybridized carbons (Fsp3) is 0. The van der Waals surface area contributed by atoms with E-state index in [2.05, 4.69) is 625 Å². The summed E-state index contributed by atoms with van der Waals surface area (Å²) in [6, 6.07) is 224. The van der Waals surface area contributed by atoms with Crippen molar-refractivity contribution < 1.29 is 0 Å². The zero-order valence-corrected chi connectivity index (χ0v) is 84.5. The topological polar surface area (TPSA) is 19.7 Å². The van der Waals surface area contributed by atoms with Crippen LogP contribution in [0.1, 0.15) is 0 Å². The Labute approximate surface area is 874 Å². The first-order valence-electron chi connectivity index (χ1n) is 51.8. The number of para-hydroxylation sites is 3. The van der Waals surface area contributed by atoms with Gasteiger partial charge in [0.2, 0.25) is 0 Å². The molecule has 4 nitrogen and oxygen atoms in total. The molecule has 704 valence electrons. The predicted molar refractivity (Wildman–Crippen MR) is 641 cm³/mol. The number of fused-ring (bicyclic) bond motifs is 12. The normalized spacial score (nSPS) is 11.7. The number of aromatic nitrogens is 4. The highest BCUT2D eigenvalue weighted by Crippen LogP contribution is 2.44. The minimum Gasteiger partial charge on any atom is -0.309 e. The molecule has 6 heteroatoms. The average Bonchev–Trinajstić information content (AvgIpc) is 1.54. The van der Waals surface area contributed by atoms with Gasteiger partial charge in [0.05, 0.1) is 44.1 Å². The van der Waals surface area contributed by atoms with Gasteiger partial charge in [-0.25, -0.2) is 0 Å². The Hall–Kier alpha value is -19.1. The van der Waals surface area contributed by atoms with Crippen LogP contribution in [0.3, 0.4) is 0 Å². The highest BCUT2D eigenvalue weighted by atomic mass is 28.3. The highest BCUT2D eigenvalue weighted by Gasteiger charge is 2.44. The summed E-state index contributed by atoms with van der Waals surface area (Å²) in [4.78, 5) is 0. The van der Waals surface area contributed by atoms with E-state index in [-0.39, 0.29) is 0 Å². The maximum Gasteiger partial charge on any atom is 0.179 e. The second-order valence-corrected chi connectivity index (χ2v) is 46.9. The third-order valence-electron chi connectivity index (χ3n) is 30.9. The number of hydrogen-bond acceptors (Lipinski definition) is 0. The van der Waals surface area contributed by atoms with Crippen LogP contribution in [-0.4, -0.2) is 34.4 Å². The highest BCUT2D eigenvalue weighted by molar-refractivity contribution is 7.20. The molecule has 0 fully saturated rings. The third-order valence-corrected chi connectivity index (χ3v) is 40.5. The molecule has 0 N–H and O–H groups in total. The van der Waals surface area contributed by atoms with Gasteiger partial charge in [0.25, 0.3) is 0 Å². The van der Waals surface area contributed by atoms with E-state index in [9.17, 15) is 0 Å². The number of benzene rings is 24. The molecule has 150 heavy (non-hydrogen) atoms. The summed E-state index contributed by atoms with van der Waals surface area (Å²) in [5.74, 6) is 0. The Bertz CT molecular complexity index is 9690. The maximum absolute atomic E-state index is 2.82. The van der Waals surface area contributed by atoms with Gasteiger partial charge >= 0.3 is 0 Å². The van der Waals surface area contributed by atoms with E-state index in [1.54, 1.807) is 0 Å². The maximum atomic E-state index is 2.52. The minimum absolute atomic E-state index is 1.14. The summed E-state index contributed by atoms with van der Waals surface area (Å²) in [6.45, 7) is 0. The van der Waals surface area contributed by atoms with Crippen LogP contribution >= 0.6 is 0 Å². The van der Waals surface area contributed by atoms with E-state index in [1.807, 2.05) is 0 Å². The molecule has 0 spiro atoms. The van der Waals surface area contributed by atoms with E-state index in [4.69, 9.17) is 0 Å². The molecule has 4 aromatic heterocycles. The smallest absolute Gasteiger partial charge is 0.179 e. The van der Waals surface area contributed by atoms with E-state index < -0.39 is 16.1 Å². The number of nitrogens with zero attached hydrogens (tertiary/aromatic N) is 4. The van der Waals surface area contributed by atoms with Crippen molar-refractivity contribution in [3.63, 3.8) is 0 Å². The van der Waals surface area contributed by atoms with Crippen molar-refractivity contribution in [2.24, 2.45) is 0 Å². The molecule has 0 atom stereocenters. The molecule has 4 heterocycles. The lowest BCUT2D eigenvalue weighted by molar-refractivity contribution is 1.18. The Balaban J connectivity index is 0.000000148. The van der Waals surface area contributed by atoms with Gasteiger partial charge in [0.1, 0.15) is 0 Å². The van der Waals surface area contributed by atoms with Gasteiger partial charge in [0, 0.05) is 65.8 Å². The molecule has 0 saturated heterocycles. The van der Waals surface area contributed by atoms with Gasteiger partial charge in [-0.05, 0) is 252 Å². The second-order valence-electron chi connectivity index (χ2n) is 39.3. The van der Waals surface area contributed by atoms with Gasteiger partial charge < -0.3 is 18.3 Å². The van der Waals surface area contributed by atoms with Crippen LogP contribution in [0.25, 0.3) is 199 Å². The summed E-state index contributed by atoms with van der Waals surface area (Å²) < 4.78 is 9.73. The first-order chi connectivity index (χ1) is 74.4. The fourth-order valence-corrected chi connectivity index (χ4v) is 33.5. The summed E-state index contributed by atoms with van der Waals surface area (Å²) in [5, 5.41) is 20.8. The van der Waals surface area contributed by atoms with Crippen LogP contribution in [-0.2, 0) is 0 Å². The number of hydrogen-bond donors (Lipinski definition) is 0. The van der Waals surface area contributed by atoms with Crippen LogP contribution in [0, 0.1) is 0 Å². The first kappa shape index (κ1) is 89.7. The summed E-state index contributed by atoms with van der Waals surface area (Å²) >= 11 is 0. The Morgan fingerprint density at radius 2 is 0.287 bits per heavy atom. The number of rotatable bonds is 20. The fourth-order valence-electron chi connectivity index (χ4n) is 23.9. The summed E-state index contributed by atoms with van der Waals surface area (Å²) in [5.41, 5.74) is 33.3. The van der Waals surface area contributed by atoms with Crippen molar-refractivity contribution in [1.29, 1.82) is 0 Å². The molecule has 0 aliphatic rings.